The summed E-state index contributed by atoms with van der Waals surface area (Å²) >= 11 is 0. The van der Waals surface area contributed by atoms with Crippen molar-refractivity contribution in [2.75, 3.05) is 22.7 Å². The first-order chi connectivity index (χ1) is 20.3. The highest BCUT2D eigenvalue weighted by molar-refractivity contribution is 6.01. The Bertz CT molecular complexity index is 1460. The molecule has 3 aromatic rings. The van der Waals surface area contributed by atoms with Crippen LogP contribution >= 0.6 is 0 Å². The van der Waals surface area contributed by atoms with E-state index in [9.17, 15) is 24.3 Å². The molecule has 220 valence electrons. The molecule has 42 heavy (non-hydrogen) atoms. The summed E-state index contributed by atoms with van der Waals surface area (Å²) in [4.78, 5) is 49.4. The van der Waals surface area contributed by atoms with Gasteiger partial charge in [-0.05, 0) is 66.9 Å². The average molecular weight is 575 g/mol. The van der Waals surface area contributed by atoms with Gasteiger partial charge in [-0.1, -0.05) is 38.1 Å². The normalized spacial score (nSPS) is 16.6. The minimum Gasteiger partial charge on any atom is -0.481 e. The molecule has 11 heteroatoms. The second-order valence-corrected chi connectivity index (χ2v) is 9.68. The van der Waals surface area contributed by atoms with E-state index in [0.717, 1.165) is 5.56 Å². The van der Waals surface area contributed by atoms with Crippen LogP contribution in [0.2, 0.25) is 0 Å². The third-order valence-electron chi connectivity index (χ3n) is 6.76. The zero-order chi connectivity index (χ0) is 30.2. The molecule has 1 aliphatic carbocycles. The van der Waals surface area contributed by atoms with Crippen LogP contribution in [-0.4, -0.2) is 35.7 Å². The first-order valence-corrected chi connectivity index (χ1v) is 13.7. The van der Waals surface area contributed by atoms with Crippen LogP contribution in [0.15, 0.2) is 66.7 Å². The van der Waals surface area contributed by atoms with E-state index in [1.165, 1.54) is 0 Å². The molecule has 0 spiro atoms. The second kappa shape index (κ2) is 13.5. The SMILES string of the molecule is CC.Cc1ccccc1NC(=O)Nc1ccc(NC(=O)C2CC2C(=O)N[C@@H](CC(=O)O)c2ccc3c(c2)OCO3)cc1. The number of amides is 4. The third-order valence-corrected chi connectivity index (χ3v) is 6.76. The number of carbonyl (C=O) groups is 4. The van der Waals surface area contributed by atoms with E-state index in [1.54, 1.807) is 42.5 Å². The van der Waals surface area contributed by atoms with Crippen LogP contribution in [-0.2, 0) is 14.4 Å². The van der Waals surface area contributed by atoms with Gasteiger partial charge in [-0.25, -0.2) is 4.79 Å². The summed E-state index contributed by atoms with van der Waals surface area (Å²) in [5, 5.41) is 20.4. The van der Waals surface area contributed by atoms with Crippen molar-refractivity contribution in [2.24, 2.45) is 11.8 Å². The number of rotatable bonds is 9. The number of carboxylic acid groups (broad SMARTS) is 1. The lowest BCUT2D eigenvalue weighted by Crippen LogP contribution is -2.32. The van der Waals surface area contributed by atoms with Crippen molar-refractivity contribution in [3.8, 4) is 11.5 Å². The van der Waals surface area contributed by atoms with Crippen molar-refractivity contribution in [1.82, 2.24) is 5.32 Å². The van der Waals surface area contributed by atoms with Gasteiger partial charge in [-0.2, -0.15) is 0 Å². The molecule has 5 rings (SSSR count). The fraction of sp³-hybridized carbons (Fsp3) is 0.290. The van der Waals surface area contributed by atoms with Gasteiger partial charge in [0.2, 0.25) is 18.6 Å². The number of urea groups is 1. The molecule has 0 aromatic heterocycles. The topological polar surface area (TPSA) is 155 Å². The fourth-order valence-electron chi connectivity index (χ4n) is 4.48. The molecule has 1 aliphatic heterocycles. The standard InChI is InChI=1S/C29H28N4O7.C2H6/c1-16-4-2-3-5-22(16)33-29(38)31-19-9-7-18(8-10-19)30-27(36)20-13-21(20)28(37)32-23(14-26(34)35)17-6-11-24-25(12-17)40-15-39-24;1-2/h2-12,20-21,23H,13-15H2,1H3,(H,30,36)(H,32,37)(H,34,35)(H2,31,33,38);1-2H3/t20?,21?,23-;/m0./s1. The predicted octanol–water partition coefficient (Wildman–Crippen LogP) is 5.30. The molecule has 1 saturated carbocycles. The molecular formula is C31H34N4O7. The molecule has 3 atom stereocenters. The van der Waals surface area contributed by atoms with E-state index >= 15 is 0 Å². The summed E-state index contributed by atoms with van der Waals surface area (Å²) in [6.45, 7) is 5.98. The van der Waals surface area contributed by atoms with Crippen molar-refractivity contribution in [3.05, 3.63) is 77.9 Å². The van der Waals surface area contributed by atoms with Crippen molar-refractivity contribution in [3.63, 3.8) is 0 Å². The molecule has 0 bridgehead atoms. The number of anilines is 3. The van der Waals surface area contributed by atoms with Gasteiger partial charge >= 0.3 is 12.0 Å². The first-order valence-electron chi connectivity index (χ1n) is 13.7. The second-order valence-electron chi connectivity index (χ2n) is 9.68. The summed E-state index contributed by atoms with van der Waals surface area (Å²) < 4.78 is 10.6. The number of aryl methyl sites for hydroxylation is 1. The highest BCUT2D eigenvalue weighted by atomic mass is 16.7. The lowest BCUT2D eigenvalue weighted by atomic mass is 10.0. The van der Waals surface area contributed by atoms with E-state index < -0.39 is 23.8 Å². The van der Waals surface area contributed by atoms with Crippen LogP contribution in [0.1, 0.15) is 43.9 Å². The number of aliphatic carboxylic acids is 1. The summed E-state index contributed by atoms with van der Waals surface area (Å²) in [6.07, 6.45) is 0.0373. The number of carbonyl (C=O) groups excluding carboxylic acids is 3. The number of carboxylic acids is 1. The minimum absolute atomic E-state index is 0.0795. The predicted molar refractivity (Wildman–Crippen MR) is 158 cm³/mol. The highest BCUT2D eigenvalue weighted by Crippen LogP contribution is 2.41. The maximum atomic E-state index is 12.9. The molecule has 1 heterocycles. The zero-order valence-electron chi connectivity index (χ0n) is 23.6. The van der Waals surface area contributed by atoms with E-state index in [1.807, 2.05) is 45.0 Å². The van der Waals surface area contributed by atoms with Gasteiger partial charge in [-0.3, -0.25) is 14.4 Å². The molecule has 0 saturated heterocycles. The minimum atomic E-state index is -1.07. The highest BCUT2D eigenvalue weighted by Gasteiger charge is 2.48. The van der Waals surface area contributed by atoms with Crippen LogP contribution in [0.25, 0.3) is 0 Å². The van der Waals surface area contributed by atoms with E-state index in [-0.39, 0.29) is 31.1 Å². The summed E-state index contributed by atoms with van der Waals surface area (Å²) in [5.41, 5.74) is 3.28. The molecule has 2 unspecified atom stereocenters. The Labute approximate surface area is 243 Å². The van der Waals surface area contributed by atoms with Crippen molar-refractivity contribution in [1.29, 1.82) is 0 Å². The fourth-order valence-corrected chi connectivity index (χ4v) is 4.48. The number of ether oxygens (including phenoxy) is 2. The monoisotopic (exact) mass is 574 g/mol. The Morgan fingerprint density at radius 1 is 0.833 bits per heavy atom. The van der Waals surface area contributed by atoms with Gasteiger partial charge < -0.3 is 35.8 Å². The van der Waals surface area contributed by atoms with E-state index in [4.69, 9.17) is 9.47 Å². The lowest BCUT2D eigenvalue weighted by Gasteiger charge is -2.18. The van der Waals surface area contributed by atoms with Gasteiger partial charge in [0.25, 0.3) is 0 Å². The lowest BCUT2D eigenvalue weighted by molar-refractivity contribution is -0.138. The number of hydrogen-bond donors (Lipinski definition) is 5. The molecular weight excluding hydrogens is 540 g/mol. The smallest absolute Gasteiger partial charge is 0.323 e. The molecule has 5 N–H and O–H groups in total. The van der Waals surface area contributed by atoms with Gasteiger partial charge in [0, 0.05) is 17.1 Å². The summed E-state index contributed by atoms with van der Waals surface area (Å²) in [6, 6.07) is 17.9. The Hall–Kier alpha value is -5.06. The Morgan fingerprint density at radius 2 is 1.48 bits per heavy atom. The molecule has 1 fully saturated rings. The third kappa shape index (κ3) is 7.57. The van der Waals surface area contributed by atoms with E-state index in [0.29, 0.717) is 40.5 Å². The Kier molecular flexibility index (Phi) is 9.64. The number of hydrogen-bond acceptors (Lipinski definition) is 6. The molecule has 11 nitrogen and oxygen atoms in total. The van der Waals surface area contributed by atoms with Crippen molar-refractivity contribution < 1.29 is 33.8 Å². The quantitative estimate of drug-likeness (QED) is 0.232. The maximum absolute atomic E-state index is 12.9. The maximum Gasteiger partial charge on any atom is 0.323 e. The van der Waals surface area contributed by atoms with Gasteiger partial charge in [0.15, 0.2) is 11.5 Å². The first kappa shape index (κ1) is 29.9. The van der Waals surface area contributed by atoms with Crippen LogP contribution in [0.5, 0.6) is 11.5 Å². The van der Waals surface area contributed by atoms with Gasteiger partial charge in [0.05, 0.1) is 24.3 Å². The number of fused-ring (bicyclic) bond motifs is 1. The zero-order valence-corrected chi connectivity index (χ0v) is 23.6. The largest absolute Gasteiger partial charge is 0.481 e. The molecule has 2 aliphatic rings. The van der Waals surface area contributed by atoms with Crippen LogP contribution in [0, 0.1) is 18.8 Å². The Balaban J connectivity index is 0.00000198. The van der Waals surface area contributed by atoms with Gasteiger partial charge in [-0.15, -0.1) is 0 Å². The van der Waals surface area contributed by atoms with Gasteiger partial charge in [0.1, 0.15) is 0 Å². The van der Waals surface area contributed by atoms with Crippen LogP contribution in [0.4, 0.5) is 21.9 Å². The Morgan fingerprint density at radius 3 is 2.17 bits per heavy atom. The number of benzene rings is 3. The van der Waals surface area contributed by atoms with Crippen LogP contribution in [0.3, 0.4) is 0 Å². The molecule has 4 amide bonds. The van der Waals surface area contributed by atoms with Crippen molar-refractivity contribution >= 4 is 40.9 Å². The number of nitrogens with one attached hydrogen (secondary N) is 4. The summed E-state index contributed by atoms with van der Waals surface area (Å²) in [7, 11) is 0. The number of para-hydroxylation sites is 1. The average Bonchev–Trinajstić information content (AvgIpc) is 3.65. The van der Waals surface area contributed by atoms with E-state index in [2.05, 4.69) is 21.3 Å². The molecule has 0 radical (unpaired) electrons. The summed E-state index contributed by atoms with van der Waals surface area (Å²) in [5.74, 6) is -1.81. The molecule has 3 aromatic carbocycles. The van der Waals surface area contributed by atoms with Crippen LogP contribution < -0.4 is 30.7 Å². The van der Waals surface area contributed by atoms with Crippen molar-refractivity contribution in [2.45, 2.75) is 39.7 Å².